The first-order chi connectivity index (χ1) is 9.60. The molecule has 0 bridgehead atoms. The van der Waals surface area contributed by atoms with Crippen LogP contribution in [0.1, 0.15) is 6.42 Å². The minimum Gasteiger partial charge on any atom is -0.395 e. The zero-order chi connectivity index (χ0) is 14.5. The first kappa shape index (κ1) is 14.5. The number of hydrogen-bond donors (Lipinski definition) is 2. The van der Waals surface area contributed by atoms with Gasteiger partial charge in [-0.1, -0.05) is 0 Å². The highest BCUT2D eigenvalue weighted by Crippen LogP contribution is 2.22. The summed E-state index contributed by atoms with van der Waals surface area (Å²) in [6.45, 7) is 3.98. The Bertz CT molecular complexity index is 482. The third-order valence-corrected chi connectivity index (χ3v) is 3.36. The second-order valence-corrected chi connectivity index (χ2v) is 4.77. The lowest BCUT2D eigenvalue weighted by atomic mass is 10.3. The van der Waals surface area contributed by atoms with Gasteiger partial charge in [0.05, 0.1) is 23.7 Å². The predicted octanol–water partition coefficient (Wildman–Crippen LogP) is 0.0764. The van der Waals surface area contributed by atoms with E-state index < -0.39 is 4.92 Å². The average molecular weight is 281 g/mol. The molecular weight excluding hydrogens is 262 g/mol. The van der Waals surface area contributed by atoms with E-state index in [-0.39, 0.29) is 18.1 Å². The van der Waals surface area contributed by atoms with Crippen LogP contribution in [0.25, 0.3) is 0 Å². The van der Waals surface area contributed by atoms with Crippen LogP contribution in [0.3, 0.4) is 0 Å². The fourth-order valence-corrected chi connectivity index (χ4v) is 2.35. The lowest BCUT2D eigenvalue weighted by molar-refractivity contribution is -0.384. The third kappa shape index (κ3) is 3.55. The Morgan fingerprint density at radius 3 is 2.85 bits per heavy atom. The highest BCUT2D eigenvalue weighted by atomic mass is 16.6. The first-order valence-corrected chi connectivity index (χ1v) is 6.60. The van der Waals surface area contributed by atoms with Gasteiger partial charge in [0, 0.05) is 26.2 Å². The highest BCUT2D eigenvalue weighted by molar-refractivity contribution is 5.54. The van der Waals surface area contributed by atoms with Gasteiger partial charge >= 0.3 is 0 Å². The van der Waals surface area contributed by atoms with Crippen molar-refractivity contribution in [3.8, 4) is 0 Å². The van der Waals surface area contributed by atoms with Crippen molar-refractivity contribution in [3.05, 3.63) is 22.2 Å². The number of hydrogen-bond acceptors (Lipinski definition) is 7. The molecule has 1 aliphatic rings. The van der Waals surface area contributed by atoms with Gasteiger partial charge in [-0.25, -0.2) is 4.98 Å². The summed E-state index contributed by atoms with van der Waals surface area (Å²) in [5.74, 6) is 0.702. The monoisotopic (exact) mass is 281 g/mol. The van der Waals surface area contributed by atoms with E-state index in [2.05, 4.69) is 9.88 Å². The molecule has 1 fully saturated rings. The SMILES string of the molecule is Nc1cc([N+](=O)[O-])cc(N2CCCN(CCO)CC2)n1. The topological polar surface area (TPSA) is 109 Å². The van der Waals surface area contributed by atoms with E-state index >= 15 is 0 Å². The van der Waals surface area contributed by atoms with Gasteiger partial charge in [-0.05, 0) is 13.0 Å². The van der Waals surface area contributed by atoms with E-state index in [1.54, 1.807) is 0 Å². The van der Waals surface area contributed by atoms with Crippen molar-refractivity contribution in [3.63, 3.8) is 0 Å². The standard InChI is InChI=1S/C12H19N5O3/c13-11-8-10(17(19)20)9-12(14-11)16-3-1-2-15(4-5-16)6-7-18/h8-9,18H,1-7H2,(H2,13,14). The fraction of sp³-hybridized carbons (Fsp3) is 0.583. The number of anilines is 2. The number of aliphatic hydroxyl groups excluding tert-OH is 1. The molecule has 0 atom stereocenters. The van der Waals surface area contributed by atoms with Crippen molar-refractivity contribution in [2.24, 2.45) is 0 Å². The summed E-state index contributed by atoms with van der Waals surface area (Å²) in [6.07, 6.45) is 0.921. The molecule has 2 rings (SSSR count). The quantitative estimate of drug-likeness (QED) is 0.594. The molecule has 1 aromatic heterocycles. The van der Waals surface area contributed by atoms with Crippen LogP contribution in [0, 0.1) is 10.1 Å². The van der Waals surface area contributed by atoms with Crippen LogP contribution < -0.4 is 10.6 Å². The molecule has 1 saturated heterocycles. The molecular formula is C12H19N5O3. The zero-order valence-electron chi connectivity index (χ0n) is 11.2. The fourth-order valence-electron chi connectivity index (χ4n) is 2.35. The molecule has 0 radical (unpaired) electrons. The maximum atomic E-state index is 10.9. The molecule has 2 heterocycles. The number of aliphatic hydroxyl groups is 1. The van der Waals surface area contributed by atoms with Crippen LogP contribution in [-0.4, -0.2) is 59.2 Å². The summed E-state index contributed by atoms with van der Waals surface area (Å²) in [4.78, 5) is 18.8. The maximum absolute atomic E-state index is 10.9. The molecule has 1 aliphatic heterocycles. The Morgan fingerprint density at radius 2 is 2.15 bits per heavy atom. The van der Waals surface area contributed by atoms with Gasteiger partial charge in [0.2, 0.25) is 0 Å². The molecule has 3 N–H and O–H groups in total. The first-order valence-electron chi connectivity index (χ1n) is 6.60. The molecule has 0 aliphatic carbocycles. The lowest BCUT2D eigenvalue weighted by Gasteiger charge is -2.22. The summed E-state index contributed by atoms with van der Waals surface area (Å²) >= 11 is 0. The van der Waals surface area contributed by atoms with E-state index in [4.69, 9.17) is 10.8 Å². The number of nitrogen functional groups attached to an aromatic ring is 1. The van der Waals surface area contributed by atoms with E-state index in [0.717, 1.165) is 26.1 Å². The Balaban J connectivity index is 2.13. The third-order valence-electron chi connectivity index (χ3n) is 3.36. The van der Waals surface area contributed by atoms with Gasteiger partial charge in [0.25, 0.3) is 5.69 Å². The summed E-state index contributed by atoms with van der Waals surface area (Å²) in [7, 11) is 0. The second-order valence-electron chi connectivity index (χ2n) is 4.77. The van der Waals surface area contributed by atoms with Crippen LogP contribution in [0.5, 0.6) is 0 Å². The van der Waals surface area contributed by atoms with Gasteiger partial charge in [-0.2, -0.15) is 0 Å². The minimum atomic E-state index is -0.461. The molecule has 20 heavy (non-hydrogen) atoms. The Morgan fingerprint density at radius 1 is 1.35 bits per heavy atom. The Hall–Kier alpha value is -1.93. The number of nitrogens with two attached hydrogens (primary N) is 1. The maximum Gasteiger partial charge on any atom is 0.276 e. The van der Waals surface area contributed by atoms with Crippen molar-refractivity contribution in [1.82, 2.24) is 9.88 Å². The van der Waals surface area contributed by atoms with Crippen LogP contribution in [-0.2, 0) is 0 Å². The van der Waals surface area contributed by atoms with Crippen LogP contribution in [0.2, 0.25) is 0 Å². The van der Waals surface area contributed by atoms with Crippen molar-refractivity contribution < 1.29 is 10.0 Å². The highest BCUT2D eigenvalue weighted by Gasteiger charge is 2.18. The van der Waals surface area contributed by atoms with Crippen LogP contribution in [0.15, 0.2) is 12.1 Å². The average Bonchev–Trinajstić information content (AvgIpc) is 2.64. The predicted molar refractivity (Wildman–Crippen MR) is 75.7 cm³/mol. The van der Waals surface area contributed by atoms with E-state index in [9.17, 15) is 10.1 Å². The van der Waals surface area contributed by atoms with Crippen molar-refractivity contribution >= 4 is 17.3 Å². The number of nitrogens with zero attached hydrogens (tertiary/aromatic N) is 4. The zero-order valence-corrected chi connectivity index (χ0v) is 11.2. The summed E-state index contributed by atoms with van der Waals surface area (Å²) in [5.41, 5.74) is 5.59. The van der Waals surface area contributed by atoms with Crippen molar-refractivity contribution in [2.45, 2.75) is 6.42 Å². The second kappa shape index (κ2) is 6.49. The van der Waals surface area contributed by atoms with E-state index in [1.807, 2.05) is 4.90 Å². The van der Waals surface area contributed by atoms with Crippen molar-refractivity contribution in [2.75, 3.05) is 50.0 Å². The molecule has 8 heteroatoms. The van der Waals surface area contributed by atoms with E-state index in [0.29, 0.717) is 18.9 Å². The van der Waals surface area contributed by atoms with E-state index in [1.165, 1.54) is 12.1 Å². The molecule has 110 valence electrons. The molecule has 0 aromatic carbocycles. The Labute approximate surface area is 117 Å². The number of pyridine rings is 1. The number of β-amino-alcohol motifs (C(OH)–C–C–N with tert-alkyl or cyclic N) is 1. The largest absolute Gasteiger partial charge is 0.395 e. The molecule has 0 amide bonds. The molecule has 1 aromatic rings. The number of aromatic nitrogens is 1. The summed E-state index contributed by atoms with van der Waals surface area (Å²) in [6, 6.07) is 2.72. The van der Waals surface area contributed by atoms with Gasteiger partial charge < -0.3 is 15.7 Å². The van der Waals surface area contributed by atoms with Gasteiger partial charge in [-0.3, -0.25) is 15.0 Å². The van der Waals surface area contributed by atoms with Crippen molar-refractivity contribution in [1.29, 1.82) is 0 Å². The van der Waals surface area contributed by atoms with Gasteiger partial charge in [-0.15, -0.1) is 0 Å². The smallest absolute Gasteiger partial charge is 0.276 e. The van der Waals surface area contributed by atoms with Crippen LogP contribution >= 0.6 is 0 Å². The Kier molecular flexibility index (Phi) is 4.70. The number of nitro groups is 1. The normalized spacial score (nSPS) is 16.9. The molecule has 0 saturated carbocycles. The van der Waals surface area contributed by atoms with Gasteiger partial charge in [0.15, 0.2) is 0 Å². The molecule has 0 spiro atoms. The van der Waals surface area contributed by atoms with Gasteiger partial charge in [0.1, 0.15) is 11.6 Å². The summed E-state index contributed by atoms with van der Waals surface area (Å²) in [5, 5.41) is 19.8. The summed E-state index contributed by atoms with van der Waals surface area (Å²) < 4.78 is 0. The van der Waals surface area contributed by atoms with Crippen LogP contribution in [0.4, 0.5) is 17.3 Å². The minimum absolute atomic E-state index is 0.0380. The lowest BCUT2D eigenvalue weighted by Crippen LogP contribution is -2.32. The molecule has 8 nitrogen and oxygen atoms in total. The number of rotatable bonds is 4. The molecule has 0 unspecified atom stereocenters.